The predicted octanol–water partition coefficient (Wildman–Crippen LogP) is 2.95. The fourth-order valence-corrected chi connectivity index (χ4v) is 4.73. The molecule has 2 saturated heterocycles. The van der Waals surface area contributed by atoms with E-state index in [0.29, 0.717) is 0 Å². The Morgan fingerprint density at radius 2 is 2.00 bits per heavy atom. The Kier molecular flexibility index (Phi) is 6.10. The van der Waals surface area contributed by atoms with Gasteiger partial charge in [0.1, 0.15) is 0 Å². The van der Waals surface area contributed by atoms with Crippen LogP contribution in [0.25, 0.3) is 0 Å². The standard InChI is InChI=1S/C18H37N3/c1-5-15(3)12-18(6-2,14-19)21-11-9-17-16(13-21)8-7-10-20(17)4/h15-17H,5-14,19H2,1-4H3. The Labute approximate surface area is 132 Å². The number of nitrogens with zero attached hydrogens (tertiary/aromatic N) is 2. The second-order valence-corrected chi connectivity index (χ2v) is 7.68. The summed E-state index contributed by atoms with van der Waals surface area (Å²) in [5.74, 6) is 1.65. The molecule has 0 aromatic carbocycles. The molecule has 0 aliphatic carbocycles. The van der Waals surface area contributed by atoms with Crippen LogP contribution in [0.3, 0.4) is 0 Å². The third-order valence-corrected chi connectivity index (χ3v) is 6.48. The molecule has 0 aromatic rings. The Balaban J connectivity index is 2.07. The molecule has 2 fully saturated rings. The minimum atomic E-state index is 0.246. The molecule has 0 radical (unpaired) electrons. The zero-order valence-electron chi connectivity index (χ0n) is 14.8. The lowest BCUT2D eigenvalue weighted by molar-refractivity contribution is -0.0244. The number of hydrogen-bond donors (Lipinski definition) is 1. The van der Waals surface area contributed by atoms with Gasteiger partial charge in [0.25, 0.3) is 0 Å². The summed E-state index contributed by atoms with van der Waals surface area (Å²) in [6.07, 6.45) is 7.86. The van der Waals surface area contributed by atoms with Crippen molar-refractivity contribution in [3.63, 3.8) is 0 Å². The van der Waals surface area contributed by atoms with Gasteiger partial charge < -0.3 is 10.6 Å². The maximum absolute atomic E-state index is 6.30. The molecule has 0 bridgehead atoms. The monoisotopic (exact) mass is 295 g/mol. The first-order chi connectivity index (χ1) is 10.1. The van der Waals surface area contributed by atoms with Crippen molar-refractivity contribution >= 4 is 0 Å². The van der Waals surface area contributed by atoms with Crippen molar-refractivity contribution in [2.75, 3.05) is 33.2 Å². The number of fused-ring (bicyclic) bond motifs is 1. The first-order valence-electron chi connectivity index (χ1n) is 9.21. The van der Waals surface area contributed by atoms with Crippen LogP contribution < -0.4 is 5.73 Å². The summed E-state index contributed by atoms with van der Waals surface area (Å²) in [6, 6.07) is 0.825. The van der Waals surface area contributed by atoms with Gasteiger partial charge in [-0.1, -0.05) is 27.2 Å². The lowest BCUT2D eigenvalue weighted by Gasteiger charge is -2.53. The first kappa shape index (κ1) is 17.2. The zero-order chi connectivity index (χ0) is 15.5. The molecule has 21 heavy (non-hydrogen) atoms. The van der Waals surface area contributed by atoms with E-state index in [1.165, 1.54) is 58.2 Å². The van der Waals surface area contributed by atoms with Crippen molar-refractivity contribution in [2.24, 2.45) is 17.6 Å². The summed E-state index contributed by atoms with van der Waals surface area (Å²) < 4.78 is 0. The molecule has 4 atom stereocenters. The minimum absolute atomic E-state index is 0.246. The van der Waals surface area contributed by atoms with Crippen LogP contribution in [0.4, 0.5) is 0 Å². The van der Waals surface area contributed by atoms with E-state index in [0.717, 1.165) is 24.4 Å². The number of hydrogen-bond acceptors (Lipinski definition) is 3. The van der Waals surface area contributed by atoms with Crippen LogP contribution >= 0.6 is 0 Å². The fraction of sp³-hybridized carbons (Fsp3) is 1.00. The van der Waals surface area contributed by atoms with Gasteiger partial charge in [-0.15, -0.1) is 0 Å². The molecule has 2 heterocycles. The summed E-state index contributed by atoms with van der Waals surface area (Å²) >= 11 is 0. The largest absolute Gasteiger partial charge is 0.329 e. The van der Waals surface area contributed by atoms with Crippen LogP contribution in [0.15, 0.2) is 0 Å². The van der Waals surface area contributed by atoms with Gasteiger partial charge in [-0.3, -0.25) is 4.90 Å². The van der Waals surface area contributed by atoms with Gasteiger partial charge in [0, 0.05) is 31.2 Å². The van der Waals surface area contributed by atoms with Crippen molar-refractivity contribution in [1.29, 1.82) is 0 Å². The third kappa shape index (κ3) is 3.62. The highest BCUT2D eigenvalue weighted by Crippen LogP contribution is 2.36. The van der Waals surface area contributed by atoms with Crippen molar-refractivity contribution in [3.05, 3.63) is 0 Å². The number of piperidine rings is 2. The summed E-state index contributed by atoms with van der Waals surface area (Å²) in [5, 5.41) is 0. The van der Waals surface area contributed by atoms with E-state index in [4.69, 9.17) is 5.73 Å². The molecular formula is C18H37N3. The molecule has 2 rings (SSSR count). The predicted molar refractivity (Wildman–Crippen MR) is 91.5 cm³/mol. The Morgan fingerprint density at radius 3 is 2.62 bits per heavy atom. The molecule has 0 spiro atoms. The highest BCUT2D eigenvalue weighted by molar-refractivity contribution is 4.98. The lowest BCUT2D eigenvalue weighted by Crippen LogP contribution is -2.62. The van der Waals surface area contributed by atoms with Gasteiger partial charge in [0.05, 0.1) is 0 Å². The Bertz CT molecular complexity index is 314. The highest BCUT2D eigenvalue weighted by Gasteiger charge is 2.42. The number of likely N-dealkylation sites (tertiary alicyclic amines) is 2. The molecule has 124 valence electrons. The van der Waals surface area contributed by atoms with Gasteiger partial charge in [-0.05, 0) is 57.5 Å². The number of rotatable bonds is 6. The molecule has 0 saturated carbocycles. The van der Waals surface area contributed by atoms with Gasteiger partial charge in [-0.25, -0.2) is 0 Å². The SMILES string of the molecule is CCC(C)CC(CC)(CN)N1CCC2C(CCCN2C)C1. The molecule has 2 aliphatic heterocycles. The molecule has 0 aromatic heterocycles. The molecule has 0 amide bonds. The van der Waals surface area contributed by atoms with E-state index in [-0.39, 0.29) is 5.54 Å². The van der Waals surface area contributed by atoms with Gasteiger partial charge in [0.15, 0.2) is 0 Å². The summed E-state index contributed by atoms with van der Waals surface area (Å²) in [4.78, 5) is 5.38. The van der Waals surface area contributed by atoms with E-state index in [1.54, 1.807) is 0 Å². The van der Waals surface area contributed by atoms with Crippen LogP contribution in [0.2, 0.25) is 0 Å². The molecule has 3 nitrogen and oxygen atoms in total. The smallest absolute Gasteiger partial charge is 0.0331 e. The minimum Gasteiger partial charge on any atom is -0.329 e. The van der Waals surface area contributed by atoms with Crippen molar-refractivity contribution in [2.45, 2.75) is 70.9 Å². The van der Waals surface area contributed by atoms with E-state index in [1.807, 2.05) is 0 Å². The topological polar surface area (TPSA) is 32.5 Å². The van der Waals surface area contributed by atoms with E-state index >= 15 is 0 Å². The van der Waals surface area contributed by atoms with Crippen molar-refractivity contribution < 1.29 is 0 Å². The third-order valence-electron chi connectivity index (χ3n) is 6.48. The molecule has 3 heteroatoms. The van der Waals surface area contributed by atoms with Crippen LogP contribution in [-0.4, -0.2) is 54.6 Å². The van der Waals surface area contributed by atoms with Crippen LogP contribution in [0, 0.1) is 11.8 Å². The normalized spacial score (nSPS) is 32.4. The molecule has 2 aliphatic rings. The maximum atomic E-state index is 6.30. The van der Waals surface area contributed by atoms with E-state index in [2.05, 4.69) is 37.6 Å². The van der Waals surface area contributed by atoms with Crippen molar-refractivity contribution in [1.82, 2.24) is 9.80 Å². The van der Waals surface area contributed by atoms with Gasteiger partial charge in [-0.2, -0.15) is 0 Å². The molecular weight excluding hydrogens is 258 g/mol. The zero-order valence-corrected chi connectivity index (χ0v) is 14.8. The van der Waals surface area contributed by atoms with Crippen LogP contribution in [-0.2, 0) is 0 Å². The van der Waals surface area contributed by atoms with Gasteiger partial charge in [0.2, 0.25) is 0 Å². The van der Waals surface area contributed by atoms with Crippen LogP contribution in [0.1, 0.15) is 59.3 Å². The quantitative estimate of drug-likeness (QED) is 0.818. The lowest BCUT2D eigenvalue weighted by atomic mass is 9.78. The van der Waals surface area contributed by atoms with Crippen molar-refractivity contribution in [3.8, 4) is 0 Å². The Morgan fingerprint density at radius 1 is 1.24 bits per heavy atom. The average molecular weight is 296 g/mol. The van der Waals surface area contributed by atoms with E-state index in [9.17, 15) is 0 Å². The summed E-state index contributed by atoms with van der Waals surface area (Å²) in [6.45, 7) is 11.7. The maximum Gasteiger partial charge on any atom is 0.0331 e. The average Bonchev–Trinajstić information content (AvgIpc) is 2.52. The second-order valence-electron chi connectivity index (χ2n) is 7.68. The highest BCUT2D eigenvalue weighted by atomic mass is 15.3. The summed E-state index contributed by atoms with van der Waals surface area (Å²) in [5.41, 5.74) is 6.54. The van der Waals surface area contributed by atoms with E-state index < -0.39 is 0 Å². The van der Waals surface area contributed by atoms with Gasteiger partial charge >= 0.3 is 0 Å². The first-order valence-corrected chi connectivity index (χ1v) is 9.21. The molecule has 2 N–H and O–H groups in total. The fourth-order valence-electron chi connectivity index (χ4n) is 4.73. The summed E-state index contributed by atoms with van der Waals surface area (Å²) in [7, 11) is 2.32. The number of nitrogens with two attached hydrogens (primary N) is 1. The second kappa shape index (κ2) is 7.43. The Hall–Kier alpha value is -0.120. The molecule has 4 unspecified atom stereocenters. The van der Waals surface area contributed by atoms with Crippen LogP contribution in [0.5, 0.6) is 0 Å².